The van der Waals surface area contributed by atoms with E-state index in [1.54, 1.807) is 0 Å². The summed E-state index contributed by atoms with van der Waals surface area (Å²) in [5, 5.41) is 0. The van der Waals surface area contributed by atoms with Crippen molar-refractivity contribution < 1.29 is 0 Å². The van der Waals surface area contributed by atoms with Crippen LogP contribution in [0.3, 0.4) is 0 Å². The smallest absolute Gasteiger partial charge is 0.0948 e. The molecule has 1 unspecified atom stereocenters. The SMILES string of the molecule is CC(C)(C)c1ccc(C2CCc3cncn3C2)cc1. The van der Waals surface area contributed by atoms with Crippen LogP contribution in [-0.4, -0.2) is 9.55 Å². The van der Waals surface area contributed by atoms with Gasteiger partial charge in [0.15, 0.2) is 0 Å². The van der Waals surface area contributed by atoms with Crippen LogP contribution in [0.25, 0.3) is 0 Å². The lowest BCUT2D eigenvalue weighted by atomic mass is 9.84. The summed E-state index contributed by atoms with van der Waals surface area (Å²) in [5.74, 6) is 0.635. The Bertz CT molecular complexity index is 558. The van der Waals surface area contributed by atoms with Crippen LogP contribution in [0.4, 0.5) is 0 Å². The van der Waals surface area contributed by atoms with Gasteiger partial charge in [0.1, 0.15) is 0 Å². The van der Waals surface area contributed by atoms with Crippen LogP contribution in [-0.2, 0) is 18.4 Å². The molecule has 1 aliphatic rings. The Balaban J connectivity index is 1.81. The van der Waals surface area contributed by atoms with Crippen molar-refractivity contribution in [1.29, 1.82) is 0 Å². The van der Waals surface area contributed by atoms with E-state index in [0.717, 1.165) is 13.0 Å². The molecular formula is C17H22N2. The Morgan fingerprint density at radius 2 is 1.89 bits per heavy atom. The van der Waals surface area contributed by atoms with E-state index in [4.69, 9.17) is 0 Å². The minimum absolute atomic E-state index is 0.239. The molecule has 0 N–H and O–H groups in total. The highest BCUT2D eigenvalue weighted by atomic mass is 15.1. The lowest BCUT2D eigenvalue weighted by molar-refractivity contribution is 0.463. The number of imidazole rings is 1. The Morgan fingerprint density at radius 1 is 1.16 bits per heavy atom. The molecule has 1 aromatic heterocycles. The number of benzene rings is 1. The average molecular weight is 254 g/mol. The van der Waals surface area contributed by atoms with Gasteiger partial charge < -0.3 is 4.57 Å². The zero-order valence-corrected chi connectivity index (χ0v) is 12.1. The lowest BCUT2D eigenvalue weighted by Crippen LogP contribution is -2.18. The minimum Gasteiger partial charge on any atom is -0.334 e. The molecule has 2 nitrogen and oxygen atoms in total. The first-order valence-electron chi connectivity index (χ1n) is 7.13. The fourth-order valence-corrected chi connectivity index (χ4v) is 2.90. The summed E-state index contributed by atoms with van der Waals surface area (Å²) in [6, 6.07) is 9.21. The molecule has 2 aromatic rings. The second-order valence-corrected chi connectivity index (χ2v) is 6.64. The van der Waals surface area contributed by atoms with E-state index in [1.807, 2.05) is 12.5 Å². The summed E-state index contributed by atoms with van der Waals surface area (Å²) in [5.41, 5.74) is 4.49. The third kappa shape index (κ3) is 2.44. The Hall–Kier alpha value is -1.57. The molecule has 0 radical (unpaired) electrons. The standard InChI is InChI=1S/C17H22N2/c1-17(2,3)15-7-4-13(5-8-15)14-6-9-16-10-18-12-19(16)11-14/h4-5,7-8,10,12,14H,6,9,11H2,1-3H3. The maximum Gasteiger partial charge on any atom is 0.0948 e. The summed E-state index contributed by atoms with van der Waals surface area (Å²) in [7, 11) is 0. The van der Waals surface area contributed by atoms with Crippen molar-refractivity contribution in [3.63, 3.8) is 0 Å². The third-order valence-electron chi connectivity index (χ3n) is 4.21. The topological polar surface area (TPSA) is 17.8 Å². The largest absolute Gasteiger partial charge is 0.334 e. The summed E-state index contributed by atoms with van der Waals surface area (Å²) in [4.78, 5) is 4.24. The Labute approximate surface area is 115 Å². The molecule has 0 saturated carbocycles. The molecule has 2 heterocycles. The van der Waals surface area contributed by atoms with Crippen LogP contribution in [0.2, 0.25) is 0 Å². The van der Waals surface area contributed by atoms with E-state index < -0.39 is 0 Å². The second kappa shape index (κ2) is 4.52. The van der Waals surface area contributed by atoms with Gasteiger partial charge in [0.2, 0.25) is 0 Å². The van der Waals surface area contributed by atoms with Crippen molar-refractivity contribution in [2.75, 3.05) is 0 Å². The highest BCUT2D eigenvalue weighted by molar-refractivity contribution is 5.30. The highest BCUT2D eigenvalue weighted by Gasteiger charge is 2.20. The molecule has 0 spiro atoms. The maximum atomic E-state index is 4.24. The van der Waals surface area contributed by atoms with Crippen LogP contribution in [0.1, 0.15) is 49.9 Å². The van der Waals surface area contributed by atoms with Crippen molar-refractivity contribution in [2.45, 2.75) is 51.5 Å². The molecular weight excluding hydrogens is 232 g/mol. The number of hydrogen-bond acceptors (Lipinski definition) is 1. The molecule has 100 valence electrons. The predicted octanol–water partition coefficient (Wildman–Crippen LogP) is 3.91. The molecule has 0 saturated heterocycles. The van der Waals surface area contributed by atoms with Crippen molar-refractivity contribution >= 4 is 0 Å². The van der Waals surface area contributed by atoms with E-state index in [-0.39, 0.29) is 5.41 Å². The number of nitrogens with zero attached hydrogens (tertiary/aromatic N) is 2. The molecule has 0 bridgehead atoms. The molecule has 1 aromatic carbocycles. The van der Waals surface area contributed by atoms with Crippen LogP contribution < -0.4 is 0 Å². The van der Waals surface area contributed by atoms with Gasteiger partial charge >= 0.3 is 0 Å². The highest BCUT2D eigenvalue weighted by Crippen LogP contribution is 2.30. The Morgan fingerprint density at radius 3 is 2.58 bits per heavy atom. The van der Waals surface area contributed by atoms with Gasteiger partial charge in [-0.15, -0.1) is 0 Å². The van der Waals surface area contributed by atoms with Crippen molar-refractivity contribution in [3.05, 3.63) is 53.6 Å². The summed E-state index contributed by atoms with van der Waals surface area (Å²) >= 11 is 0. The maximum absolute atomic E-state index is 4.24. The first-order valence-corrected chi connectivity index (χ1v) is 7.13. The molecule has 3 rings (SSSR count). The van der Waals surface area contributed by atoms with Gasteiger partial charge in [-0.2, -0.15) is 0 Å². The molecule has 1 aliphatic heterocycles. The predicted molar refractivity (Wildman–Crippen MR) is 78.4 cm³/mol. The van der Waals surface area contributed by atoms with Crippen LogP contribution in [0.15, 0.2) is 36.8 Å². The molecule has 2 heteroatoms. The van der Waals surface area contributed by atoms with E-state index >= 15 is 0 Å². The molecule has 1 atom stereocenters. The van der Waals surface area contributed by atoms with Crippen LogP contribution in [0.5, 0.6) is 0 Å². The van der Waals surface area contributed by atoms with E-state index in [1.165, 1.54) is 23.2 Å². The molecule has 0 amide bonds. The van der Waals surface area contributed by atoms with Crippen LogP contribution >= 0.6 is 0 Å². The zero-order chi connectivity index (χ0) is 13.5. The normalized spacial score (nSPS) is 19.2. The fourth-order valence-electron chi connectivity index (χ4n) is 2.90. The van der Waals surface area contributed by atoms with Crippen LogP contribution in [0, 0.1) is 0 Å². The van der Waals surface area contributed by atoms with E-state index in [2.05, 4.69) is 54.6 Å². The number of rotatable bonds is 1. The number of fused-ring (bicyclic) bond motifs is 1. The van der Waals surface area contributed by atoms with Gasteiger partial charge in [0.05, 0.1) is 6.33 Å². The first-order chi connectivity index (χ1) is 9.04. The van der Waals surface area contributed by atoms with Crippen molar-refractivity contribution in [2.24, 2.45) is 0 Å². The fraction of sp³-hybridized carbons (Fsp3) is 0.471. The van der Waals surface area contributed by atoms with Gasteiger partial charge in [-0.25, -0.2) is 4.98 Å². The summed E-state index contributed by atoms with van der Waals surface area (Å²) in [6.45, 7) is 7.87. The average Bonchev–Trinajstić information content (AvgIpc) is 2.85. The number of aromatic nitrogens is 2. The van der Waals surface area contributed by atoms with Crippen molar-refractivity contribution in [3.8, 4) is 0 Å². The van der Waals surface area contributed by atoms with E-state index in [9.17, 15) is 0 Å². The van der Waals surface area contributed by atoms with E-state index in [0.29, 0.717) is 5.92 Å². The quantitative estimate of drug-likeness (QED) is 0.754. The summed E-state index contributed by atoms with van der Waals surface area (Å²) < 4.78 is 2.30. The molecule has 0 fully saturated rings. The summed E-state index contributed by atoms with van der Waals surface area (Å²) in [6.07, 6.45) is 6.34. The number of hydrogen-bond donors (Lipinski definition) is 0. The number of aryl methyl sites for hydroxylation is 1. The van der Waals surface area contributed by atoms with Gasteiger partial charge in [-0.1, -0.05) is 45.0 Å². The first kappa shape index (κ1) is 12.5. The van der Waals surface area contributed by atoms with Gasteiger partial charge in [-0.3, -0.25) is 0 Å². The lowest BCUT2D eigenvalue weighted by Gasteiger charge is -2.25. The zero-order valence-electron chi connectivity index (χ0n) is 12.1. The van der Waals surface area contributed by atoms with Gasteiger partial charge in [-0.05, 0) is 29.4 Å². The molecule has 0 aliphatic carbocycles. The molecule has 19 heavy (non-hydrogen) atoms. The monoisotopic (exact) mass is 254 g/mol. The van der Waals surface area contributed by atoms with Gasteiger partial charge in [0, 0.05) is 24.4 Å². The minimum atomic E-state index is 0.239. The Kier molecular flexibility index (Phi) is 2.96. The third-order valence-corrected chi connectivity index (χ3v) is 4.21. The second-order valence-electron chi connectivity index (χ2n) is 6.64. The van der Waals surface area contributed by atoms with Crippen molar-refractivity contribution in [1.82, 2.24) is 9.55 Å². The van der Waals surface area contributed by atoms with Gasteiger partial charge in [0.25, 0.3) is 0 Å².